The molecule has 0 spiro atoms. The van der Waals surface area contributed by atoms with Crippen molar-refractivity contribution in [3.63, 3.8) is 0 Å². The molecule has 0 heterocycles. The van der Waals surface area contributed by atoms with Crippen LogP contribution in [0.4, 0.5) is 13.2 Å². The summed E-state index contributed by atoms with van der Waals surface area (Å²) in [6.45, 7) is 1.38. The van der Waals surface area contributed by atoms with Gasteiger partial charge in [-0.2, -0.15) is 0 Å². The lowest BCUT2D eigenvalue weighted by molar-refractivity contribution is -0.349. The van der Waals surface area contributed by atoms with E-state index in [0.29, 0.717) is 6.42 Å². The highest BCUT2D eigenvalue weighted by atomic mass is 19.4. The molecule has 5 heteroatoms. The van der Waals surface area contributed by atoms with Crippen LogP contribution in [-0.4, -0.2) is 19.8 Å². The molecule has 0 saturated heterocycles. The van der Waals surface area contributed by atoms with E-state index in [2.05, 4.69) is 9.47 Å². The molecule has 0 aromatic heterocycles. The first-order valence-corrected chi connectivity index (χ1v) is 2.84. The van der Waals surface area contributed by atoms with Gasteiger partial charge in [0.15, 0.2) is 6.79 Å². The summed E-state index contributed by atoms with van der Waals surface area (Å²) in [5, 5.41) is 0. The molecule has 0 fully saturated rings. The van der Waals surface area contributed by atoms with Gasteiger partial charge < -0.3 is 4.74 Å². The van der Waals surface area contributed by atoms with Crippen molar-refractivity contribution in [1.29, 1.82) is 0 Å². The highest BCUT2D eigenvalue weighted by Gasteiger charge is 2.28. The molecule has 0 N–H and O–H groups in total. The smallest absolute Gasteiger partial charge is 0.355 e. The van der Waals surface area contributed by atoms with Crippen LogP contribution in [0.15, 0.2) is 0 Å². The molecule has 0 amide bonds. The Morgan fingerprint density at radius 3 is 2.30 bits per heavy atom. The minimum Gasteiger partial charge on any atom is -0.355 e. The average Bonchev–Trinajstić information content (AvgIpc) is 1.78. The summed E-state index contributed by atoms with van der Waals surface area (Å²) in [6.07, 6.45) is -3.89. The van der Waals surface area contributed by atoms with E-state index in [1.807, 2.05) is 0 Å². The SMILES string of the molecule is CCCOCOC(F)(F)F. The van der Waals surface area contributed by atoms with Crippen molar-refractivity contribution in [2.45, 2.75) is 19.7 Å². The minimum atomic E-state index is -4.58. The highest BCUT2D eigenvalue weighted by molar-refractivity contribution is 4.23. The van der Waals surface area contributed by atoms with Crippen LogP contribution in [0.3, 0.4) is 0 Å². The monoisotopic (exact) mass is 158 g/mol. The Labute approximate surface area is 56.9 Å². The zero-order valence-corrected chi connectivity index (χ0v) is 5.57. The quantitative estimate of drug-likeness (QED) is 0.459. The van der Waals surface area contributed by atoms with E-state index in [1.165, 1.54) is 0 Å². The topological polar surface area (TPSA) is 18.5 Å². The molecular formula is C5H9F3O2. The second-order valence-corrected chi connectivity index (χ2v) is 1.62. The van der Waals surface area contributed by atoms with Crippen molar-refractivity contribution in [3.8, 4) is 0 Å². The Morgan fingerprint density at radius 1 is 1.30 bits per heavy atom. The van der Waals surface area contributed by atoms with E-state index in [9.17, 15) is 13.2 Å². The normalized spacial score (nSPS) is 12.0. The van der Waals surface area contributed by atoms with E-state index >= 15 is 0 Å². The van der Waals surface area contributed by atoms with E-state index in [4.69, 9.17) is 0 Å². The van der Waals surface area contributed by atoms with Crippen LogP contribution in [-0.2, 0) is 9.47 Å². The van der Waals surface area contributed by atoms with Gasteiger partial charge >= 0.3 is 6.36 Å². The van der Waals surface area contributed by atoms with Gasteiger partial charge in [-0.3, -0.25) is 4.74 Å². The third kappa shape index (κ3) is 7.71. The predicted molar refractivity (Wildman–Crippen MR) is 28.2 cm³/mol. The second kappa shape index (κ2) is 4.51. The molecule has 0 atom stereocenters. The Hall–Kier alpha value is -0.290. The largest absolute Gasteiger partial charge is 0.524 e. The maximum Gasteiger partial charge on any atom is 0.524 e. The van der Waals surface area contributed by atoms with Gasteiger partial charge in [-0.1, -0.05) is 6.92 Å². The van der Waals surface area contributed by atoms with E-state index in [-0.39, 0.29) is 6.61 Å². The molecule has 0 unspecified atom stereocenters. The van der Waals surface area contributed by atoms with Crippen LogP contribution in [0.2, 0.25) is 0 Å². The number of rotatable bonds is 4. The van der Waals surface area contributed by atoms with Crippen molar-refractivity contribution in [1.82, 2.24) is 0 Å². The molecule has 0 radical (unpaired) electrons. The Balaban J connectivity index is 3.04. The number of alkyl halides is 3. The number of hydrogen-bond acceptors (Lipinski definition) is 2. The number of hydrogen-bond donors (Lipinski definition) is 0. The fourth-order valence-electron chi connectivity index (χ4n) is 0.312. The van der Waals surface area contributed by atoms with Crippen LogP contribution >= 0.6 is 0 Å². The zero-order chi connectivity index (χ0) is 8.04. The molecule has 0 aliphatic heterocycles. The van der Waals surface area contributed by atoms with Crippen LogP contribution in [0.1, 0.15) is 13.3 Å². The van der Waals surface area contributed by atoms with Crippen LogP contribution in [0.25, 0.3) is 0 Å². The summed E-state index contributed by atoms with van der Waals surface area (Å²) in [7, 11) is 0. The Kier molecular flexibility index (Phi) is 4.38. The van der Waals surface area contributed by atoms with Crippen molar-refractivity contribution in [2.75, 3.05) is 13.4 Å². The lowest BCUT2D eigenvalue weighted by Gasteiger charge is -2.06. The third-order valence-corrected chi connectivity index (χ3v) is 0.654. The molecular weight excluding hydrogens is 149 g/mol. The molecule has 0 aliphatic carbocycles. The van der Waals surface area contributed by atoms with E-state index in [0.717, 1.165) is 0 Å². The lowest BCUT2D eigenvalue weighted by atomic mass is 10.5. The summed E-state index contributed by atoms with van der Waals surface area (Å²) in [5.41, 5.74) is 0. The molecule has 0 bridgehead atoms. The molecule has 2 nitrogen and oxygen atoms in total. The van der Waals surface area contributed by atoms with Gasteiger partial charge in [0.2, 0.25) is 0 Å². The Morgan fingerprint density at radius 2 is 1.90 bits per heavy atom. The Bertz CT molecular complexity index is 81.5. The zero-order valence-electron chi connectivity index (χ0n) is 5.57. The van der Waals surface area contributed by atoms with Crippen LogP contribution in [0.5, 0.6) is 0 Å². The highest BCUT2D eigenvalue weighted by Crippen LogP contribution is 2.15. The first-order valence-electron chi connectivity index (χ1n) is 2.84. The van der Waals surface area contributed by atoms with Gasteiger partial charge in [-0.05, 0) is 6.42 Å². The molecule has 10 heavy (non-hydrogen) atoms. The second-order valence-electron chi connectivity index (χ2n) is 1.62. The third-order valence-electron chi connectivity index (χ3n) is 0.654. The molecule has 0 rings (SSSR count). The molecule has 0 saturated carbocycles. The maximum atomic E-state index is 11.2. The summed E-state index contributed by atoms with van der Waals surface area (Å²) in [4.78, 5) is 0. The van der Waals surface area contributed by atoms with E-state index in [1.54, 1.807) is 6.92 Å². The van der Waals surface area contributed by atoms with Gasteiger partial charge in [0.1, 0.15) is 0 Å². The van der Waals surface area contributed by atoms with E-state index < -0.39 is 13.2 Å². The number of halogens is 3. The van der Waals surface area contributed by atoms with Gasteiger partial charge in [0.05, 0.1) is 0 Å². The molecule has 0 aliphatic rings. The predicted octanol–water partition coefficient (Wildman–Crippen LogP) is 1.91. The van der Waals surface area contributed by atoms with Crippen LogP contribution in [0, 0.1) is 0 Å². The van der Waals surface area contributed by atoms with Gasteiger partial charge in [-0.25, -0.2) is 0 Å². The van der Waals surface area contributed by atoms with Crippen molar-refractivity contribution in [2.24, 2.45) is 0 Å². The van der Waals surface area contributed by atoms with Crippen LogP contribution < -0.4 is 0 Å². The summed E-state index contributed by atoms with van der Waals surface area (Å²) in [5.74, 6) is 0. The fraction of sp³-hybridized carbons (Fsp3) is 1.00. The average molecular weight is 158 g/mol. The van der Waals surface area contributed by atoms with Crippen molar-refractivity contribution < 1.29 is 22.6 Å². The first kappa shape index (κ1) is 9.71. The summed E-state index contributed by atoms with van der Waals surface area (Å²) < 4.78 is 41.3. The van der Waals surface area contributed by atoms with Crippen molar-refractivity contribution >= 4 is 0 Å². The fourth-order valence-corrected chi connectivity index (χ4v) is 0.312. The summed E-state index contributed by atoms with van der Waals surface area (Å²) in [6, 6.07) is 0. The van der Waals surface area contributed by atoms with Gasteiger partial charge in [0, 0.05) is 6.61 Å². The number of ether oxygens (including phenoxy) is 2. The minimum absolute atomic E-state index is 0.288. The molecule has 62 valence electrons. The molecule has 0 aromatic rings. The first-order chi connectivity index (χ1) is 4.56. The van der Waals surface area contributed by atoms with Gasteiger partial charge in [0.25, 0.3) is 0 Å². The maximum absolute atomic E-state index is 11.2. The lowest BCUT2D eigenvalue weighted by Crippen LogP contribution is -2.15. The standard InChI is InChI=1S/C5H9F3O2/c1-2-3-9-4-10-5(6,7)8/h2-4H2,1H3. The summed E-state index contributed by atoms with van der Waals surface area (Å²) >= 11 is 0. The molecule has 0 aromatic carbocycles. The van der Waals surface area contributed by atoms with Gasteiger partial charge in [-0.15, -0.1) is 13.2 Å². The van der Waals surface area contributed by atoms with Crippen molar-refractivity contribution in [3.05, 3.63) is 0 Å².